The van der Waals surface area contributed by atoms with Crippen molar-refractivity contribution >= 4 is 21.7 Å². The maximum atomic E-state index is 12.6. The molecule has 0 spiro atoms. The van der Waals surface area contributed by atoms with E-state index in [2.05, 4.69) is 15.4 Å². The van der Waals surface area contributed by atoms with E-state index >= 15 is 0 Å². The van der Waals surface area contributed by atoms with E-state index in [1.807, 2.05) is 0 Å². The topological polar surface area (TPSA) is 120 Å². The number of carbonyl (C=O) groups is 1. The Balaban J connectivity index is 1.47. The number of hydrogen-bond donors (Lipinski definition) is 1. The van der Waals surface area contributed by atoms with E-state index < -0.39 is 15.9 Å². The Morgan fingerprint density at radius 3 is 2.57 bits per heavy atom. The summed E-state index contributed by atoms with van der Waals surface area (Å²) < 4.78 is 38.4. The van der Waals surface area contributed by atoms with Crippen molar-refractivity contribution in [1.82, 2.24) is 19.1 Å². The molecule has 1 aliphatic rings. The number of sulfonamides is 1. The largest absolute Gasteiger partial charge is 0.438 e. The standard InChI is InChI=1S/C17H17N5O5S/c23-17(19-15-5-8-22(20-15)13-3-6-18-7-4-13)14-1-2-16(27-14)28(24,25)21-9-11-26-12-10-21/h1-8H,9-12H2,(H,19,20,23). The first kappa shape index (κ1) is 18.3. The smallest absolute Gasteiger partial charge is 0.292 e. The van der Waals surface area contributed by atoms with Gasteiger partial charge in [0.25, 0.3) is 15.9 Å². The Kier molecular flexibility index (Phi) is 4.94. The summed E-state index contributed by atoms with van der Waals surface area (Å²) in [7, 11) is -3.80. The maximum absolute atomic E-state index is 12.6. The molecule has 3 aromatic heterocycles. The third kappa shape index (κ3) is 3.67. The number of nitrogens with one attached hydrogen (secondary N) is 1. The summed E-state index contributed by atoms with van der Waals surface area (Å²) in [5.74, 6) is -0.412. The number of furan rings is 1. The van der Waals surface area contributed by atoms with E-state index in [0.717, 1.165) is 5.69 Å². The molecule has 1 fully saturated rings. The molecule has 4 heterocycles. The highest BCUT2D eigenvalue weighted by Gasteiger charge is 2.30. The number of pyridine rings is 1. The molecule has 0 radical (unpaired) electrons. The monoisotopic (exact) mass is 403 g/mol. The number of hydrogen-bond acceptors (Lipinski definition) is 7. The molecule has 1 saturated heterocycles. The molecule has 146 valence electrons. The fourth-order valence-electron chi connectivity index (χ4n) is 2.70. The van der Waals surface area contributed by atoms with Gasteiger partial charge >= 0.3 is 0 Å². The molecule has 0 atom stereocenters. The highest BCUT2D eigenvalue weighted by atomic mass is 32.2. The van der Waals surface area contributed by atoms with Crippen molar-refractivity contribution in [2.24, 2.45) is 0 Å². The van der Waals surface area contributed by atoms with Crippen molar-refractivity contribution in [3.8, 4) is 5.69 Å². The van der Waals surface area contributed by atoms with Crippen LogP contribution in [0.4, 0.5) is 5.82 Å². The number of morpholine rings is 1. The van der Waals surface area contributed by atoms with Crippen LogP contribution in [-0.2, 0) is 14.8 Å². The predicted molar refractivity (Wildman–Crippen MR) is 97.6 cm³/mol. The van der Waals surface area contributed by atoms with Crippen molar-refractivity contribution in [3.05, 3.63) is 54.7 Å². The Bertz CT molecular complexity index is 1070. The summed E-state index contributed by atoms with van der Waals surface area (Å²) in [5, 5.41) is 6.56. The van der Waals surface area contributed by atoms with Crippen molar-refractivity contribution in [1.29, 1.82) is 0 Å². The predicted octanol–water partition coefficient (Wildman–Crippen LogP) is 1.13. The number of aromatic nitrogens is 3. The average molecular weight is 403 g/mol. The molecule has 0 bridgehead atoms. The van der Waals surface area contributed by atoms with Crippen LogP contribution in [0.2, 0.25) is 0 Å². The molecule has 28 heavy (non-hydrogen) atoms. The minimum atomic E-state index is -3.80. The summed E-state index contributed by atoms with van der Waals surface area (Å²) in [4.78, 5) is 16.3. The molecule has 0 aromatic carbocycles. The van der Waals surface area contributed by atoms with Crippen molar-refractivity contribution in [3.63, 3.8) is 0 Å². The van der Waals surface area contributed by atoms with E-state index in [9.17, 15) is 13.2 Å². The van der Waals surface area contributed by atoms with Gasteiger partial charge in [-0.15, -0.1) is 0 Å². The van der Waals surface area contributed by atoms with Crippen LogP contribution in [-0.4, -0.2) is 59.7 Å². The second-order valence-electron chi connectivity index (χ2n) is 5.94. The lowest BCUT2D eigenvalue weighted by Gasteiger charge is -2.24. The third-order valence-electron chi connectivity index (χ3n) is 4.13. The molecule has 4 rings (SSSR count). The molecule has 10 nitrogen and oxygen atoms in total. The summed E-state index contributed by atoms with van der Waals surface area (Å²) in [6.07, 6.45) is 4.95. The van der Waals surface area contributed by atoms with E-state index in [-0.39, 0.29) is 23.9 Å². The van der Waals surface area contributed by atoms with Crippen molar-refractivity contribution in [2.45, 2.75) is 5.09 Å². The molecule has 11 heteroatoms. The number of amides is 1. The Morgan fingerprint density at radius 2 is 1.82 bits per heavy atom. The Labute approximate surface area is 160 Å². The second-order valence-corrected chi connectivity index (χ2v) is 7.81. The van der Waals surface area contributed by atoms with Crippen LogP contribution in [0.1, 0.15) is 10.6 Å². The summed E-state index contributed by atoms with van der Waals surface area (Å²) >= 11 is 0. The number of rotatable bonds is 5. The lowest BCUT2D eigenvalue weighted by atomic mass is 10.4. The number of carbonyl (C=O) groups excluding carboxylic acids is 1. The maximum Gasteiger partial charge on any atom is 0.292 e. The Hall–Kier alpha value is -3.02. The summed E-state index contributed by atoms with van der Waals surface area (Å²) in [6, 6.07) is 7.76. The lowest BCUT2D eigenvalue weighted by Crippen LogP contribution is -2.40. The molecule has 1 amide bonds. The number of ether oxygens (including phenoxy) is 1. The van der Waals surface area contributed by atoms with Gasteiger partial charge in [-0.05, 0) is 24.3 Å². The Morgan fingerprint density at radius 1 is 1.07 bits per heavy atom. The van der Waals surface area contributed by atoms with Gasteiger partial charge < -0.3 is 14.5 Å². The number of nitrogens with zero attached hydrogens (tertiary/aromatic N) is 4. The van der Waals surface area contributed by atoms with E-state index in [1.165, 1.54) is 16.4 Å². The van der Waals surface area contributed by atoms with Gasteiger partial charge in [0.2, 0.25) is 5.09 Å². The lowest BCUT2D eigenvalue weighted by molar-refractivity contribution is 0.0723. The van der Waals surface area contributed by atoms with E-state index in [4.69, 9.17) is 9.15 Å². The normalized spacial score (nSPS) is 15.4. The molecule has 3 aromatic rings. The van der Waals surface area contributed by atoms with Crippen LogP contribution in [0.5, 0.6) is 0 Å². The van der Waals surface area contributed by atoms with Gasteiger partial charge in [-0.2, -0.15) is 9.40 Å². The minimum Gasteiger partial charge on any atom is -0.438 e. The molecule has 0 unspecified atom stereocenters. The molecule has 0 aliphatic carbocycles. The average Bonchev–Trinajstić information content (AvgIpc) is 3.40. The zero-order chi connectivity index (χ0) is 19.6. The van der Waals surface area contributed by atoms with Gasteiger partial charge in [-0.25, -0.2) is 13.1 Å². The first-order valence-corrected chi connectivity index (χ1v) is 9.93. The van der Waals surface area contributed by atoms with Crippen molar-refractivity contribution in [2.75, 3.05) is 31.6 Å². The zero-order valence-corrected chi connectivity index (χ0v) is 15.5. The van der Waals surface area contributed by atoms with Crippen LogP contribution in [0.25, 0.3) is 5.69 Å². The van der Waals surface area contributed by atoms with Crippen LogP contribution in [0.15, 0.2) is 58.4 Å². The molecule has 1 N–H and O–H groups in total. The first-order valence-electron chi connectivity index (χ1n) is 8.49. The quantitative estimate of drug-likeness (QED) is 0.678. The number of anilines is 1. The fraction of sp³-hybridized carbons (Fsp3) is 0.235. The van der Waals surface area contributed by atoms with Gasteiger partial charge in [0.05, 0.1) is 18.9 Å². The molecular formula is C17H17N5O5S. The fourth-order valence-corrected chi connectivity index (χ4v) is 4.02. The first-order chi connectivity index (χ1) is 13.5. The van der Waals surface area contributed by atoms with Gasteiger partial charge in [-0.1, -0.05) is 0 Å². The zero-order valence-electron chi connectivity index (χ0n) is 14.7. The van der Waals surface area contributed by atoms with Gasteiger partial charge in [-0.3, -0.25) is 9.78 Å². The van der Waals surface area contributed by atoms with Crippen molar-refractivity contribution < 1.29 is 22.4 Å². The van der Waals surface area contributed by atoms with Crippen LogP contribution in [0.3, 0.4) is 0 Å². The molecule has 0 saturated carbocycles. The SMILES string of the molecule is O=C(Nc1ccn(-c2ccncc2)n1)c1ccc(S(=O)(=O)N2CCOCC2)o1. The summed E-state index contributed by atoms with van der Waals surface area (Å²) in [6.45, 7) is 1.15. The highest BCUT2D eigenvalue weighted by Crippen LogP contribution is 2.20. The van der Waals surface area contributed by atoms with Gasteiger partial charge in [0, 0.05) is 37.7 Å². The third-order valence-corrected chi connectivity index (χ3v) is 5.90. The van der Waals surface area contributed by atoms with Crippen LogP contribution in [0, 0.1) is 0 Å². The second kappa shape index (κ2) is 7.54. The van der Waals surface area contributed by atoms with E-state index in [0.29, 0.717) is 19.0 Å². The van der Waals surface area contributed by atoms with E-state index in [1.54, 1.807) is 41.5 Å². The van der Waals surface area contributed by atoms with Crippen LogP contribution >= 0.6 is 0 Å². The molecular weight excluding hydrogens is 386 g/mol. The van der Waals surface area contributed by atoms with Crippen LogP contribution < -0.4 is 5.32 Å². The van der Waals surface area contributed by atoms with Gasteiger partial charge in [0.1, 0.15) is 0 Å². The molecule has 1 aliphatic heterocycles. The minimum absolute atomic E-state index is 0.120. The summed E-state index contributed by atoms with van der Waals surface area (Å²) in [5.41, 5.74) is 0.785. The van der Waals surface area contributed by atoms with Gasteiger partial charge in [0.15, 0.2) is 11.6 Å². The highest BCUT2D eigenvalue weighted by molar-refractivity contribution is 7.89.